The van der Waals surface area contributed by atoms with E-state index in [4.69, 9.17) is 0 Å². The fourth-order valence-corrected chi connectivity index (χ4v) is 6.06. The minimum atomic E-state index is -3.68. The summed E-state index contributed by atoms with van der Waals surface area (Å²) in [6.45, 7) is 3.80. The van der Waals surface area contributed by atoms with Gasteiger partial charge in [0, 0.05) is 23.1 Å². The summed E-state index contributed by atoms with van der Waals surface area (Å²) in [5.74, 6) is 0.385. The average Bonchev–Trinajstić information content (AvgIpc) is 3.26. The highest BCUT2D eigenvalue weighted by molar-refractivity contribution is 7.90. The van der Waals surface area contributed by atoms with Gasteiger partial charge in [0.15, 0.2) is 5.82 Å². The van der Waals surface area contributed by atoms with Gasteiger partial charge >= 0.3 is 0 Å². The van der Waals surface area contributed by atoms with Crippen molar-refractivity contribution in [3.63, 3.8) is 0 Å². The Morgan fingerprint density at radius 1 is 0.966 bits per heavy atom. The molecular weight excluding hydrogens is 404 g/mol. The van der Waals surface area contributed by atoms with E-state index >= 15 is 0 Å². The molecule has 2 heterocycles. The van der Waals surface area contributed by atoms with Crippen LogP contribution in [0, 0.1) is 13.8 Å². The third-order valence-electron chi connectivity index (χ3n) is 4.73. The van der Waals surface area contributed by atoms with Crippen molar-refractivity contribution in [1.29, 1.82) is 0 Å². The third kappa shape index (κ3) is 3.73. The zero-order valence-corrected chi connectivity index (χ0v) is 18.0. The molecule has 2 aromatic carbocycles. The molecule has 0 bridgehead atoms. The molecule has 0 amide bonds. The Hall–Kier alpha value is -2.84. The molecule has 0 unspecified atom stereocenters. The van der Waals surface area contributed by atoms with Crippen molar-refractivity contribution < 1.29 is 8.42 Å². The second kappa shape index (κ2) is 7.53. The van der Waals surface area contributed by atoms with E-state index in [1.807, 2.05) is 68.4 Å². The average molecular weight is 425 g/mol. The van der Waals surface area contributed by atoms with Gasteiger partial charge in [0.05, 0.1) is 11.4 Å². The van der Waals surface area contributed by atoms with E-state index in [0.29, 0.717) is 10.7 Å². The molecule has 2 aromatic heterocycles. The Morgan fingerprint density at radius 2 is 1.66 bits per heavy atom. The van der Waals surface area contributed by atoms with Crippen molar-refractivity contribution in [3.05, 3.63) is 70.7 Å². The number of aryl methyl sites for hydroxylation is 2. The molecule has 0 saturated heterocycles. The Bertz CT molecular complexity index is 1280. The van der Waals surface area contributed by atoms with Gasteiger partial charge in [0.1, 0.15) is 5.01 Å². The summed E-state index contributed by atoms with van der Waals surface area (Å²) in [5, 5.41) is 8.93. The first-order valence-electron chi connectivity index (χ1n) is 9.06. The van der Waals surface area contributed by atoms with Crippen LogP contribution in [-0.4, -0.2) is 28.2 Å². The molecule has 0 atom stereocenters. The lowest BCUT2D eigenvalue weighted by Gasteiger charge is -2.07. The van der Waals surface area contributed by atoms with Crippen LogP contribution in [0.15, 0.2) is 59.8 Å². The highest BCUT2D eigenvalue weighted by Gasteiger charge is 2.26. The van der Waals surface area contributed by atoms with Gasteiger partial charge in [-0.15, -0.1) is 21.5 Å². The molecule has 6 nitrogen and oxygen atoms in total. The Morgan fingerprint density at radius 3 is 2.38 bits per heavy atom. The van der Waals surface area contributed by atoms with E-state index in [1.54, 1.807) is 11.6 Å². The molecule has 29 heavy (non-hydrogen) atoms. The maximum atomic E-state index is 13.1. The summed E-state index contributed by atoms with van der Waals surface area (Å²) < 4.78 is 27.8. The van der Waals surface area contributed by atoms with E-state index in [-0.39, 0.29) is 10.9 Å². The molecule has 0 aliphatic rings. The number of sulfone groups is 1. The van der Waals surface area contributed by atoms with Crippen LogP contribution in [0.2, 0.25) is 0 Å². The summed E-state index contributed by atoms with van der Waals surface area (Å²) >= 11 is 1.40. The predicted octanol–water partition coefficient (Wildman–Crippen LogP) is 4.20. The number of nitrogens with zero attached hydrogens (tertiary/aromatic N) is 4. The SMILES string of the molecule is Cc1ccccc1-c1nnc(S(=O)(=O)Cc2sc(-c3ccccc3)nc2C)n1C. The summed E-state index contributed by atoms with van der Waals surface area (Å²) in [4.78, 5) is 5.27. The zero-order valence-electron chi connectivity index (χ0n) is 16.3. The first-order valence-corrected chi connectivity index (χ1v) is 11.5. The number of thiazole rings is 1. The topological polar surface area (TPSA) is 77.7 Å². The third-order valence-corrected chi connectivity index (χ3v) is 7.70. The number of benzene rings is 2. The van der Waals surface area contributed by atoms with Crippen LogP contribution < -0.4 is 0 Å². The fraction of sp³-hybridized carbons (Fsp3) is 0.190. The summed E-state index contributed by atoms with van der Waals surface area (Å²) in [6.07, 6.45) is 0. The van der Waals surface area contributed by atoms with Crippen molar-refractivity contribution in [3.8, 4) is 22.0 Å². The fourth-order valence-electron chi connectivity index (χ4n) is 3.15. The lowest BCUT2D eigenvalue weighted by molar-refractivity contribution is 0.578. The molecule has 4 rings (SSSR count). The number of aromatic nitrogens is 4. The minimum absolute atomic E-state index is 0.0372. The number of hydrogen-bond donors (Lipinski definition) is 0. The molecule has 8 heteroatoms. The van der Waals surface area contributed by atoms with Gasteiger partial charge in [0.2, 0.25) is 15.0 Å². The van der Waals surface area contributed by atoms with Crippen molar-refractivity contribution in [2.24, 2.45) is 7.05 Å². The molecule has 0 radical (unpaired) electrons. The monoisotopic (exact) mass is 424 g/mol. The summed E-state index contributed by atoms with van der Waals surface area (Å²) in [5.41, 5.74) is 3.57. The molecular formula is C21H20N4O2S2. The molecule has 148 valence electrons. The van der Waals surface area contributed by atoms with Crippen LogP contribution in [0.25, 0.3) is 22.0 Å². The van der Waals surface area contributed by atoms with Crippen molar-refractivity contribution in [2.75, 3.05) is 0 Å². The van der Waals surface area contributed by atoms with Gasteiger partial charge in [-0.3, -0.25) is 0 Å². The van der Waals surface area contributed by atoms with Crippen molar-refractivity contribution in [2.45, 2.75) is 24.8 Å². The van der Waals surface area contributed by atoms with E-state index in [1.165, 1.54) is 11.3 Å². The maximum Gasteiger partial charge on any atom is 0.250 e. The quantitative estimate of drug-likeness (QED) is 0.480. The maximum absolute atomic E-state index is 13.1. The van der Waals surface area contributed by atoms with E-state index in [2.05, 4.69) is 15.2 Å². The van der Waals surface area contributed by atoms with Gasteiger partial charge < -0.3 is 4.57 Å². The van der Waals surface area contributed by atoms with E-state index in [0.717, 1.165) is 27.4 Å². The molecule has 0 aliphatic carbocycles. The molecule has 0 aliphatic heterocycles. The van der Waals surface area contributed by atoms with E-state index < -0.39 is 9.84 Å². The highest BCUT2D eigenvalue weighted by atomic mass is 32.2. The van der Waals surface area contributed by atoms with Crippen LogP contribution in [-0.2, 0) is 22.6 Å². The largest absolute Gasteiger partial charge is 0.301 e. The van der Waals surface area contributed by atoms with Gasteiger partial charge in [-0.25, -0.2) is 13.4 Å². The van der Waals surface area contributed by atoms with Gasteiger partial charge in [-0.05, 0) is 19.4 Å². The second-order valence-electron chi connectivity index (χ2n) is 6.83. The van der Waals surface area contributed by atoms with Gasteiger partial charge in [-0.2, -0.15) is 0 Å². The Labute approximate surface area is 173 Å². The summed E-state index contributed by atoms with van der Waals surface area (Å²) in [7, 11) is -1.99. The lowest BCUT2D eigenvalue weighted by Crippen LogP contribution is -2.11. The summed E-state index contributed by atoms with van der Waals surface area (Å²) in [6, 6.07) is 17.5. The molecule has 0 spiro atoms. The first-order chi connectivity index (χ1) is 13.9. The van der Waals surface area contributed by atoms with Crippen molar-refractivity contribution in [1.82, 2.24) is 19.7 Å². The first kappa shape index (κ1) is 19.5. The van der Waals surface area contributed by atoms with E-state index in [9.17, 15) is 8.42 Å². The van der Waals surface area contributed by atoms with Crippen LogP contribution in [0.5, 0.6) is 0 Å². The predicted molar refractivity (Wildman–Crippen MR) is 114 cm³/mol. The van der Waals surface area contributed by atoms with Crippen LogP contribution in [0.4, 0.5) is 0 Å². The zero-order chi connectivity index (χ0) is 20.6. The van der Waals surface area contributed by atoms with Crippen LogP contribution >= 0.6 is 11.3 Å². The van der Waals surface area contributed by atoms with Crippen LogP contribution in [0.3, 0.4) is 0 Å². The van der Waals surface area contributed by atoms with Gasteiger partial charge in [-0.1, -0.05) is 54.6 Å². The Kier molecular flexibility index (Phi) is 5.06. The smallest absolute Gasteiger partial charge is 0.250 e. The molecule has 0 N–H and O–H groups in total. The molecule has 4 aromatic rings. The standard InChI is InChI=1S/C21H20N4O2S2/c1-14-9-7-8-12-17(14)19-23-24-21(25(19)3)29(26,27)13-18-15(2)22-20(28-18)16-10-5-4-6-11-16/h4-12H,13H2,1-3H3. The highest BCUT2D eigenvalue weighted by Crippen LogP contribution is 2.31. The molecule has 0 fully saturated rings. The normalized spacial score (nSPS) is 11.7. The molecule has 0 saturated carbocycles. The Balaban J connectivity index is 1.67. The van der Waals surface area contributed by atoms with Crippen molar-refractivity contribution >= 4 is 21.2 Å². The number of rotatable bonds is 5. The minimum Gasteiger partial charge on any atom is -0.301 e. The second-order valence-corrected chi connectivity index (χ2v) is 9.80. The van der Waals surface area contributed by atoms with Crippen LogP contribution in [0.1, 0.15) is 16.1 Å². The lowest BCUT2D eigenvalue weighted by atomic mass is 10.1. The van der Waals surface area contributed by atoms with Gasteiger partial charge in [0.25, 0.3) is 0 Å². The number of hydrogen-bond acceptors (Lipinski definition) is 6.